The van der Waals surface area contributed by atoms with Gasteiger partial charge in [-0.15, -0.1) is 0 Å². The molecule has 3 aliphatic heterocycles. The number of carbonyl (C=O) groups is 1. The molecule has 162 valence electrons. The fourth-order valence-electron chi connectivity index (χ4n) is 4.68. The summed E-state index contributed by atoms with van der Waals surface area (Å²) in [6, 6.07) is 16.2. The third-order valence-corrected chi connectivity index (χ3v) is 7.20. The van der Waals surface area contributed by atoms with E-state index >= 15 is 0 Å². The van der Waals surface area contributed by atoms with Crippen molar-refractivity contribution in [2.24, 2.45) is 5.92 Å². The van der Waals surface area contributed by atoms with E-state index in [0.717, 1.165) is 49.4 Å². The normalized spacial score (nSPS) is 21.2. The van der Waals surface area contributed by atoms with Crippen LogP contribution in [0, 0.1) is 5.92 Å². The molecule has 0 aliphatic carbocycles. The van der Waals surface area contributed by atoms with E-state index < -0.39 is 0 Å². The smallest absolute Gasteiger partial charge is 0.279 e. The Kier molecular flexibility index (Phi) is 4.83. The number of fused-ring (bicyclic) bond motifs is 2. The van der Waals surface area contributed by atoms with Crippen LogP contribution in [0.15, 0.2) is 66.6 Å². The molecule has 1 fully saturated rings. The second kappa shape index (κ2) is 7.98. The van der Waals surface area contributed by atoms with Crippen molar-refractivity contribution >= 4 is 17.2 Å². The maximum atomic E-state index is 13.0. The van der Waals surface area contributed by atoms with Crippen molar-refractivity contribution in [2.75, 3.05) is 13.1 Å². The Morgan fingerprint density at radius 1 is 1.19 bits per heavy atom. The minimum absolute atomic E-state index is 0.000551. The number of benzene rings is 2. The Labute approximate surface area is 190 Å². The molecular weight excluding hydrogens is 422 g/mol. The highest BCUT2D eigenvalue weighted by Crippen LogP contribution is 2.38. The molecule has 3 aliphatic rings. The molecule has 7 heteroatoms. The minimum atomic E-state index is 0.000551. The number of likely N-dealkylation sites (tertiary alicyclic amines) is 1. The van der Waals surface area contributed by atoms with Crippen molar-refractivity contribution in [1.82, 2.24) is 15.2 Å². The number of nitrogens with one attached hydrogen (secondary N) is 1. The van der Waals surface area contributed by atoms with Crippen molar-refractivity contribution < 1.29 is 14.3 Å². The zero-order chi connectivity index (χ0) is 21.5. The van der Waals surface area contributed by atoms with Crippen molar-refractivity contribution in [1.29, 1.82) is 0 Å². The third-order valence-electron chi connectivity index (χ3n) is 6.34. The largest absolute Gasteiger partial charge is 0.485 e. The summed E-state index contributed by atoms with van der Waals surface area (Å²) in [6.45, 7) is 1.68. The molecule has 0 bridgehead atoms. The van der Waals surface area contributed by atoms with Gasteiger partial charge in [0, 0.05) is 30.9 Å². The lowest BCUT2D eigenvalue weighted by molar-refractivity contribution is 0.0829. The molecule has 6 nitrogen and oxygen atoms in total. The van der Waals surface area contributed by atoms with Gasteiger partial charge in [0.05, 0.1) is 6.20 Å². The summed E-state index contributed by atoms with van der Waals surface area (Å²) >= 11 is 1.29. The lowest BCUT2D eigenvalue weighted by Crippen LogP contribution is -2.26. The molecule has 1 aromatic heterocycles. The van der Waals surface area contributed by atoms with Crippen molar-refractivity contribution in [3.05, 3.63) is 82.6 Å². The average Bonchev–Trinajstić information content (AvgIpc) is 3.57. The monoisotopic (exact) mass is 445 g/mol. The lowest BCUT2D eigenvalue weighted by atomic mass is 9.97. The van der Waals surface area contributed by atoms with Crippen LogP contribution >= 0.6 is 11.3 Å². The lowest BCUT2D eigenvalue weighted by Gasteiger charge is -2.26. The maximum absolute atomic E-state index is 13.0. The van der Waals surface area contributed by atoms with Crippen LogP contribution in [-0.4, -0.2) is 28.9 Å². The van der Waals surface area contributed by atoms with E-state index in [1.807, 2.05) is 47.5 Å². The van der Waals surface area contributed by atoms with E-state index in [-0.39, 0.29) is 12.0 Å². The number of thiazole rings is 1. The highest BCUT2D eigenvalue weighted by atomic mass is 32.1. The van der Waals surface area contributed by atoms with Crippen molar-refractivity contribution in [3.8, 4) is 16.7 Å². The van der Waals surface area contributed by atoms with Gasteiger partial charge in [-0.2, -0.15) is 0 Å². The number of aryl methyl sites for hydroxylation is 1. The fourth-order valence-corrected chi connectivity index (χ4v) is 5.41. The molecule has 0 spiro atoms. The third kappa shape index (κ3) is 3.52. The molecule has 1 N–H and O–H groups in total. The highest BCUT2D eigenvalue weighted by molar-refractivity contribution is 7.15. The molecule has 1 amide bonds. The number of carbonyl (C=O) groups excluding carboxylic acids is 1. The molecule has 32 heavy (non-hydrogen) atoms. The summed E-state index contributed by atoms with van der Waals surface area (Å²) in [6.07, 6.45) is 6.52. The van der Waals surface area contributed by atoms with Crippen LogP contribution in [0.1, 0.15) is 39.7 Å². The number of rotatable bonds is 4. The fraction of sp³-hybridized carbons (Fsp3) is 0.280. The zero-order valence-corrected chi connectivity index (χ0v) is 18.3. The number of hydrogen-bond donors (Lipinski definition) is 1. The number of ether oxygens (including phenoxy) is 2. The van der Waals surface area contributed by atoms with Crippen molar-refractivity contribution in [2.45, 2.75) is 25.4 Å². The first-order chi connectivity index (χ1) is 15.7. The first-order valence-corrected chi connectivity index (χ1v) is 11.8. The van der Waals surface area contributed by atoms with Gasteiger partial charge in [-0.1, -0.05) is 41.7 Å². The van der Waals surface area contributed by atoms with Crippen LogP contribution in [0.5, 0.6) is 16.7 Å². The minimum Gasteiger partial charge on any atom is -0.485 e. The van der Waals surface area contributed by atoms with Crippen molar-refractivity contribution in [3.63, 3.8) is 0 Å². The average molecular weight is 446 g/mol. The summed E-state index contributed by atoms with van der Waals surface area (Å²) in [5.74, 6) is 2.06. The van der Waals surface area contributed by atoms with Crippen LogP contribution in [0.3, 0.4) is 0 Å². The van der Waals surface area contributed by atoms with Crippen LogP contribution in [0.2, 0.25) is 0 Å². The maximum Gasteiger partial charge on any atom is 0.279 e. The molecule has 6 rings (SSSR count). The van der Waals surface area contributed by atoms with Crippen LogP contribution < -0.4 is 14.8 Å². The Balaban J connectivity index is 1.14. The van der Waals surface area contributed by atoms with E-state index in [0.29, 0.717) is 21.7 Å². The van der Waals surface area contributed by atoms with Gasteiger partial charge in [-0.3, -0.25) is 4.79 Å². The number of nitrogens with zero attached hydrogens (tertiary/aromatic N) is 2. The first kappa shape index (κ1) is 19.4. The van der Waals surface area contributed by atoms with E-state index in [1.54, 1.807) is 6.20 Å². The molecule has 0 radical (unpaired) electrons. The Morgan fingerprint density at radius 2 is 2.09 bits per heavy atom. The molecular formula is C25H23N3O3S. The first-order valence-electron chi connectivity index (χ1n) is 11.0. The van der Waals surface area contributed by atoms with Gasteiger partial charge in [0.1, 0.15) is 22.5 Å². The topological polar surface area (TPSA) is 63.7 Å². The van der Waals surface area contributed by atoms with Gasteiger partial charge >= 0.3 is 0 Å². The van der Waals surface area contributed by atoms with Gasteiger partial charge < -0.3 is 19.7 Å². The SMILES string of the molecule is O=C(c1cnc(Oc2ccc3c(c2)CCC(c2ccccc2)O3)s1)N1CCC2CNC=C21. The second-order valence-electron chi connectivity index (χ2n) is 8.34. The molecule has 4 heterocycles. The van der Waals surface area contributed by atoms with Gasteiger partial charge in [0.25, 0.3) is 11.1 Å². The predicted molar refractivity (Wildman–Crippen MR) is 122 cm³/mol. The molecule has 1 saturated heterocycles. The number of aromatic nitrogens is 1. The van der Waals surface area contributed by atoms with E-state index in [1.165, 1.54) is 16.9 Å². The number of hydrogen-bond acceptors (Lipinski definition) is 6. The Morgan fingerprint density at radius 3 is 3.00 bits per heavy atom. The summed E-state index contributed by atoms with van der Waals surface area (Å²) in [4.78, 5) is 19.7. The summed E-state index contributed by atoms with van der Waals surface area (Å²) < 4.78 is 12.2. The summed E-state index contributed by atoms with van der Waals surface area (Å²) in [7, 11) is 0. The quantitative estimate of drug-likeness (QED) is 0.618. The van der Waals surface area contributed by atoms with E-state index in [4.69, 9.17) is 9.47 Å². The van der Waals surface area contributed by atoms with Gasteiger partial charge in [-0.05, 0) is 48.6 Å². The number of amides is 1. The molecule has 3 aromatic rings. The molecule has 2 aromatic carbocycles. The van der Waals surface area contributed by atoms with Crippen LogP contribution in [-0.2, 0) is 6.42 Å². The zero-order valence-electron chi connectivity index (χ0n) is 17.5. The predicted octanol–water partition coefficient (Wildman–Crippen LogP) is 4.91. The van der Waals surface area contributed by atoms with E-state index in [9.17, 15) is 4.79 Å². The van der Waals surface area contributed by atoms with Gasteiger partial charge in [0.15, 0.2) is 0 Å². The second-order valence-corrected chi connectivity index (χ2v) is 9.33. The molecule has 2 atom stereocenters. The van der Waals surface area contributed by atoms with Gasteiger partial charge in [-0.25, -0.2) is 4.98 Å². The Bertz CT molecular complexity index is 1190. The summed E-state index contributed by atoms with van der Waals surface area (Å²) in [5.41, 5.74) is 3.42. The van der Waals surface area contributed by atoms with Crippen LogP contribution in [0.4, 0.5) is 0 Å². The van der Waals surface area contributed by atoms with Gasteiger partial charge in [0.2, 0.25) is 0 Å². The van der Waals surface area contributed by atoms with Crippen LogP contribution in [0.25, 0.3) is 0 Å². The van der Waals surface area contributed by atoms with E-state index in [2.05, 4.69) is 22.4 Å². The Hall–Kier alpha value is -3.32. The molecule has 0 saturated carbocycles. The standard InChI is InChI=1S/C25H23N3O3S/c29-24(28-11-10-18-13-26-14-20(18)28)23-15-27-25(32-23)30-19-7-9-22-17(12-19)6-8-21(31-22)16-4-2-1-3-5-16/h1-5,7,9,12,14-15,18,21,26H,6,8,10-11,13H2. The molecule has 2 unspecified atom stereocenters. The highest BCUT2D eigenvalue weighted by Gasteiger charge is 2.35. The summed E-state index contributed by atoms with van der Waals surface area (Å²) in [5, 5.41) is 3.71.